The number of anilines is 1. The standard InChI is InChI=1S/C12H16FIN2O/c1-3-8(2)16-11(17)7-15-10-6-4-5-9(13)12(10)14/h4-6,8,15H,3,7H2,1-2H3,(H,16,17). The van der Waals surface area contributed by atoms with Gasteiger partial charge in [0.15, 0.2) is 0 Å². The molecule has 0 aliphatic carbocycles. The van der Waals surface area contributed by atoms with Gasteiger partial charge in [-0.3, -0.25) is 4.79 Å². The quantitative estimate of drug-likeness (QED) is 0.802. The van der Waals surface area contributed by atoms with E-state index in [0.29, 0.717) is 9.26 Å². The molecule has 1 aromatic carbocycles. The first kappa shape index (κ1) is 14.2. The van der Waals surface area contributed by atoms with Crippen LogP contribution >= 0.6 is 22.6 Å². The van der Waals surface area contributed by atoms with Crippen molar-refractivity contribution in [2.75, 3.05) is 11.9 Å². The summed E-state index contributed by atoms with van der Waals surface area (Å²) in [5, 5.41) is 5.76. The van der Waals surface area contributed by atoms with Crippen molar-refractivity contribution in [3.63, 3.8) is 0 Å². The number of nitrogens with one attached hydrogen (secondary N) is 2. The lowest BCUT2D eigenvalue weighted by Crippen LogP contribution is -2.36. The Morgan fingerprint density at radius 3 is 2.88 bits per heavy atom. The minimum atomic E-state index is -0.280. The van der Waals surface area contributed by atoms with Crippen LogP contribution in [0.5, 0.6) is 0 Å². The Hall–Kier alpha value is -0.850. The van der Waals surface area contributed by atoms with Gasteiger partial charge in [-0.25, -0.2) is 4.39 Å². The van der Waals surface area contributed by atoms with Gasteiger partial charge in [-0.2, -0.15) is 0 Å². The summed E-state index contributed by atoms with van der Waals surface area (Å²) in [4.78, 5) is 11.5. The van der Waals surface area contributed by atoms with Gasteiger partial charge in [0.2, 0.25) is 5.91 Å². The van der Waals surface area contributed by atoms with Crippen LogP contribution in [-0.2, 0) is 4.79 Å². The normalized spacial score (nSPS) is 12.0. The van der Waals surface area contributed by atoms with E-state index in [1.54, 1.807) is 12.1 Å². The Morgan fingerprint density at radius 1 is 1.53 bits per heavy atom. The van der Waals surface area contributed by atoms with Crippen molar-refractivity contribution in [3.8, 4) is 0 Å². The minimum Gasteiger partial charge on any atom is -0.375 e. The molecule has 0 radical (unpaired) electrons. The molecule has 5 heteroatoms. The number of hydrogen-bond donors (Lipinski definition) is 2. The highest BCUT2D eigenvalue weighted by Gasteiger charge is 2.08. The van der Waals surface area contributed by atoms with Gasteiger partial charge in [-0.05, 0) is 48.1 Å². The van der Waals surface area contributed by atoms with Gasteiger partial charge >= 0.3 is 0 Å². The number of amides is 1. The van der Waals surface area contributed by atoms with Gasteiger partial charge in [-0.1, -0.05) is 13.0 Å². The second-order valence-corrected chi connectivity index (χ2v) is 4.91. The summed E-state index contributed by atoms with van der Waals surface area (Å²) in [6.07, 6.45) is 0.892. The SMILES string of the molecule is CCC(C)NC(=O)CNc1cccc(F)c1I. The summed E-state index contributed by atoms with van der Waals surface area (Å²) < 4.78 is 13.7. The molecule has 1 rings (SSSR count). The Labute approximate surface area is 114 Å². The molecule has 3 nitrogen and oxygen atoms in total. The molecule has 17 heavy (non-hydrogen) atoms. The highest BCUT2D eigenvalue weighted by Crippen LogP contribution is 2.20. The van der Waals surface area contributed by atoms with E-state index in [1.165, 1.54) is 6.07 Å². The topological polar surface area (TPSA) is 41.1 Å². The van der Waals surface area contributed by atoms with E-state index in [9.17, 15) is 9.18 Å². The third-order valence-corrected chi connectivity index (χ3v) is 3.51. The molecule has 0 saturated heterocycles. The minimum absolute atomic E-state index is 0.0839. The molecule has 0 fully saturated rings. The molecule has 0 aliphatic heterocycles. The molecule has 0 saturated carbocycles. The molecule has 94 valence electrons. The number of benzene rings is 1. The van der Waals surface area contributed by atoms with Crippen molar-refractivity contribution in [1.29, 1.82) is 0 Å². The average molecular weight is 350 g/mol. The molecule has 0 spiro atoms. The number of carbonyl (C=O) groups is 1. The van der Waals surface area contributed by atoms with Crippen LogP contribution in [0.3, 0.4) is 0 Å². The zero-order valence-corrected chi connectivity index (χ0v) is 12.0. The zero-order valence-electron chi connectivity index (χ0n) is 9.89. The lowest BCUT2D eigenvalue weighted by molar-refractivity contribution is -0.120. The molecule has 0 bridgehead atoms. The molecular formula is C12H16FIN2O. The molecule has 0 heterocycles. The first-order chi connectivity index (χ1) is 8.04. The van der Waals surface area contributed by atoms with E-state index in [-0.39, 0.29) is 24.3 Å². The molecule has 1 aromatic rings. The van der Waals surface area contributed by atoms with Crippen LogP contribution in [0.25, 0.3) is 0 Å². The molecular weight excluding hydrogens is 334 g/mol. The van der Waals surface area contributed by atoms with Gasteiger partial charge in [0.1, 0.15) is 5.82 Å². The third kappa shape index (κ3) is 4.49. The van der Waals surface area contributed by atoms with Crippen LogP contribution in [-0.4, -0.2) is 18.5 Å². The fourth-order valence-corrected chi connectivity index (χ4v) is 1.79. The highest BCUT2D eigenvalue weighted by molar-refractivity contribution is 14.1. The molecule has 0 aromatic heterocycles. The average Bonchev–Trinajstić information content (AvgIpc) is 2.31. The Kier molecular flexibility index (Phi) is 5.67. The van der Waals surface area contributed by atoms with Crippen molar-refractivity contribution in [2.45, 2.75) is 26.3 Å². The fourth-order valence-electron chi connectivity index (χ4n) is 1.24. The van der Waals surface area contributed by atoms with Gasteiger partial charge in [0, 0.05) is 6.04 Å². The van der Waals surface area contributed by atoms with E-state index in [0.717, 1.165) is 6.42 Å². The molecule has 1 amide bonds. The summed E-state index contributed by atoms with van der Waals surface area (Å²) in [6.45, 7) is 4.11. The highest BCUT2D eigenvalue weighted by atomic mass is 127. The Bertz CT molecular complexity index is 398. The second kappa shape index (κ2) is 6.78. The lowest BCUT2D eigenvalue weighted by atomic mass is 10.2. The third-order valence-electron chi connectivity index (χ3n) is 2.41. The lowest BCUT2D eigenvalue weighted by Gasteiger charge is -2.13. The van der Waals surface area contributed by atoms with Crippen molar-refractivity contribution in [1.82, 2.24) is 5.32 Å². The summed E-state index contributed by atoms with van der Waals surface area (Å²) in [6, 6.07) is 4.93. The predicted molar refractivity (Wildman–Crippen MR) is 75.5 cm³/mol. The first-order valence-electron chi connectivity index (χ1n) is 5.51. The van der Waals surface area contributed by atoms with E-state index >= 15 is 0 Å². The molecule has 0 aliphatic rings. The van der Waals surface area contributed by atoms with Gasteiger partial charge in [0.05, 0.1) is 15.8 Å². The summed E-state index contributed by atoms with van der Waals surface area (Å²) in [5.74, 6) is -0.364. The van der Waals surface area contributed by atoms with Gasteiger partial charge in [0.25, 0.3) is 0 Å². The Morgan fingerprint density at radius 2 is 2.24 bits per heavy atom. The van der Waals surface area contributed by atoms with Crippen molar-refractivity contribution < 1.29 is 9.18 Å². The maximum absolute atomic E-state index is 13.2. The molecule has 1 atom stereocenters. The van der Waals surface area contributed by atoms with Crippen LogP contribution in [0, 0.1) is 9.39 Å². The number of carbonyl (C=O) groups excluding carboxylic acids is 1. The van der Waals surface area contributed by atoms with Crippen LogP contribution < -0.4 is 10.6 Å². The van der Waals surface area contributed by atoms with Crippen LogP contribution in [0.2, 0.25) is 0 Å². The first-order valence-corrected chi connectivity index (χ1v) is 6.59. The van der Waals surface area contributed by atoms with Crippen LogP contribution in [0.15, 0.2) is 18.2 Å². The fraction of sp³-hybridized carbons (Fsp3) is 0.417. The second-order valence-electron chi connectivity index (χ2n) is 3.83. The maximum atomic E-state index is 13.2. The van der Waals surface area contributed by atoms with Gasteiger partial charge < -0.3 is 10.6 Å². The van der Waals surface area contributed by atoms with Gasteiger partial charge in [-0.15, -0.1) is 0 Å². The zero-order chi connectivity index (χ0) is 12.8. The van der Waals surface area contributed by atoms with E-state index in [4.69, 9.17) is 0 Å². The van der Waals surface area contributed by atoms with E-state index in [1.807, 2.05) is 36.4 Å². The largest absolute Gasteiger partial charge is 0.375 e. The number of hydrogen-bond acceptors (Lipinski definition) is 2. The molecule has 1 unspecified atom stereocenters. The smallest absolute Gasteiger partial charge is 0.239 e. The Balaban J connectivity index is 2.50. The predicted octanol–water partition coefficient (Wildman–Crippen LogP) is 2.76. The van der Waals surface area contributed by atoms with Crippen molar-refractivity contribution in [2.24, 2.45) is 0 Å². The van der Waals surface area contributed by atoms with E-state index < -0.39 is 0 Å². The van der Waals surface area contributed by atoms with Crippen LogP contribution in [0.1, 0.15) is 20.3 Å². The maximum Gasteiger partial charge on any atom is 0.239 e. The summed E-state index contributed by atoms with van der Waals surface area (Å²) in [5.41, 5.74) is 0.643. The number of rotatable bonds is 5. The van der Waals surface area contributed by atoms with Crippen molar-refractivity contribution in [3.05, 3.63) is 27.6 Å². The monoisotopic (exact) mass is 350 g/mol. The molecule has 2 N–H and O–H groups in total. The van der Waals surface area contributed by atoms with Crippen molar-refractivity contribution >= 4 is 34.2 Å². The summed E-state index contributed by atoms with van der Waals surface area (Å²) >= 11 is 1.92. The summed E-state index contributed by atoms with van der Waals surface area (Å²) in [7, 11) is 0. The van der Waals surface area contributed by atoms with E-state index in [2.05, 4.69) is 10.6 Å². The van der Waals surface area contributed by atoms with Crippen LogP contribution in [0.4, 0.5) is 10.1 Å². The number of halogens is 2.